The Morgan fingerprint density at radius 1 is 1.10 bits per heavy atom. The number of hydrogen-bond donors (Lipinski definition) is 1. The molecule has 1 aliphatic rings. The van der Waals surface area contributed by atoms with Crippen molar-refractivity contribution in [2.24, 2.45) is 0 Å². The van der Waals surface area contributed by atoms with Crippen molar-refractivity contribution in [2.75, 3.05) is 33.4 Å². The molecule has 1 saturated heterocycles. The van der Waals surface area contributed by atoms with Crippen molar-refractivity contribution in [3.05, 3.63) is 59.7 Å². The number of hydrogen-bond acceptors (Lipinski definition) is 5. The van der Waals surface area contributed by atoms with E-state index in [1.165, 1.54) is 18.4 Å². The first kappa shape index (κ1) is 20.7. The van der Waals surface area contributed by atoms with Gasteiger partial charge in [0.25, 0.3) is 5.91 Å². The summed E-state index contributed by atoms with van der Waals surface area (Å²) in [5.41, 5.74) is 2.10. The van der Waals surface area contributed by atoms with E-state index in [-0.39, 0.29) is 18.6 Å². The summed E-state index contributed by atoms with van der Waals surface area (Å²) in [5.74, 6) is 1.30. The van der Waals surface area contributed by atoms with Gasteiger partial charge in [-0.1, -0.05) is 24.3 Å². The minimum absolute atomic E-state index is 0.0348. The van der Waals surface area contributed by atoms with E-state index in [9.17, 15) is 4.79 Å². The summed E-state index contributed by atoms with van der Waals surface area (Å²) in [6, 6.07) is 17.5. The molecule has 0 spiro atoms. The van der Waals surface area contributed by atoms with Crippen LogP contribution >= 0.6 is 0 Å². The molecule has 3 rings (SSSR count). The summed E-state index contributed by atoms with van der Waals surface area (Å²) >= 11 is 0. The van der Waals surface area contributed by atoms with Crippen LogP contribution < -0.4 is 14.8 Å². The minimum Gasteiger partial charge on any atom is -0.497 e. The molecule has 1 fully saturated rings. The molecule has 6 nitrogen and oxygen atoms in total. The average molecular weight is 393 g/mol. The van der Waals surface area contributed by atoms with Crippen molar-refractivity contribution >= 4 is 5.91 Å². The standard InChI is InChI=1S/C23H27N3O3/c1-28-20-10-6-19(7-11-20)22(26-14-2-3-15-26)16-25-23(27)17-29-21-8-4-18(5-9-21)12-13-24/h4-11,22H,2-3,12,14-17H2,1H3,(H,25,27). The highest BCUT2D eigenvalue weighted by atomic mass is 16.5. The maximum absolute atomic E-state index is 12.3. The van der Waals surface area contributed by atoms with E-state index in [1.54, 1.807) is 19.2 Å². The molecule has 1 atom stereocenters. The topological polar surface area (TPSA) is 74.6 Å². The Hall–Kier alpha value is -3.04. The van der Waals surface area contributed by atoms with Crippen LogP contribution in [0.5, 0.6) is 11.5 Å². The van der Waals surface area contributed by atoms with Crippen molar-refractivity contribution < 1.29 is 14.3 Å². The fourth-order valence-corrected chi connectivity index (χ4v) is 3.54. The number of methoxy groups -OCH3 is 1. The van der Waals surface area contributed by atoms with Gasteiger partial charge in [0.2, 0.25) is 0 Å². The zero-order valence-corrected chi connectivity index (χ0v) is 16.8. The van der Waals surface area contributed by atoms with Gasteiger partial charge in [-0.2, -0.15) is 5.26 Å². The van der Waals surface area contributed by atoms with E-state index in [2.05, 4.69) is 28.4 Å². The van der Waals surface area contributed by atoms with Gasteiger partial charge in [0.05, 0.1) is 25.6 Å². The van der Waals surface area contributed by atoms with Crippen molar-refractivity contribution in [2.45, 2.75) is 25.3 Å². The van der Waals surface area contributed by atoms with Gasteiger partial charge in [-0.05, 0) is 61.3 Å². The fourth-order valence-electron chi connectivity index (χ4n) is 3.54. The summed E-state index contributed by atoms with van der Waals surface area (Å²) in [4.78, 5) is 14.7. The first-order chi connectivity index (χ1) is 14.2. The lowest BCUT2D eigenvalue weighted by Gasteiger charge is -2.28. The lowest BCUT2D eigenvalue weighted by Crippen LogP contribution is -2.38. The summed E-state index contributed by atoms with van der Waals surface area (Å²) in [5, 5.41) is 11.7. The summed E-state index contributed by atoms with van der Waals surface area (Å²) in [6.45, 7) is 2.58. The molecule has 2 aromatic carbocycles. The molecule has 0 radical (unpaired) electrons. The third kappa shape index (κ3) is 5.97. The Morgan fingerprint density at radius 2 is 1.76 bits per heavy atom. The number of carbonyl (C=O) groups is 1. The third-order valence-corrected chi connectivity index (χ3v) is 5.15. The first-order valence-electron chi connectivity index (χ1n) is 9.93. The van der Waals surface area contributed by atoms with Crippen LogP contribution in [0, 0.1) is 11.3 Å². The maximum atomic E-state index is 12.3. The van der Waals surface area contributed by atoms with Crippen LogP contribution in [-0.2, 0) is 11.2 Å². The molecule has 1 heterocycles. The van der Waals surface area contributed by atoms with Crippen LogP contribution in [0.3, 0.4) is 0 Å². The zero-order valence-electron chi connectivity index (χ0n) is 16.8. The molecule has 1 amide bonds. The van der Waals surface area contributed by atoms with Crippen LogP contribution in [0.4, 0.5) is 0 Å². The van der Waals surface area contributed by atoms with Crippen molar-refractivity contribution in [1.29, 1.82) is 5.26 Å². The zero-order chi connectivity index (χ0) is 20.5. The Balaban J connectivity index is 1.54. The molecule has 0 aliphatic carbocycles. The van der Waals surface area contributed by atoms with Crippen LogP contribution in [-0.4, -0.2) is 44.2 Å². The maximum Gasteiger partial charge on any atom is 0.258 e. The highest BCUT2D eigenvalue weighted by Gasteiger charge is 2.24. The molecule has 1 N–H and O–H groups in total. The Bertz CT molecular complexity index is 822. The van der Waals surface area contributed by atoms with E-state index < -0.39 is 0 Å². The molecule has 1 unspecified atom stereocenters. The predicted octanol–water partition coefficient (Wildman–Crippen LogP) is 3.09. The van der Waals surface area contributed by atoms with E-state index in [0.29, 0.717) is 18.7 Å². The highest BCUT2D eigenvalue weighted by molar-refractivity contribution is 5.77. The van der Waals surface area contributed by atoms with E-state index >= 15 is 0 Å². The number of rotatable bonds is 9. The molecular weight excluding hydrogens is 366 g/mol. The van der Waals surface area contributed by atoms with Gasteiger partial charge in [-0.25, -0.2) is 0 Å². The van der Waals surface area contributed by atoms with E-state index in [0.717, 1.165) is 24.4 Å². The molecule has 2 aromatic rings. The fraction of sp³-hybridized carbons (Fsp3) is 0.391. The Kier molecular flexibility index (Phi) is 7.48. The number of benzene rings is 2. The van der Waals surface area contributed by atoms with Crippen molar-refractivity contribution in [3.63, 3.8) is 0 Å². The molecular formula is C23H27N3O3. The molecule has 29 heavy (non-hydrogen) atoms. The van der Waals surface area contributed by atoms with Crippen LogP contribution in [0.25, 0.3) is 0 Å². The number of ether oxygens (including phenoxy) is 2. The van der Waals surface area contributed by atoms with Gasteiger partial charge in [0, 0.05) is 6.54 Å². The van der Waals surface area contributed by atoms with Gasteiger partial charge >= 0.3 is 0 Å². The predicted molar refractivity (Wildman–Crippen MR) is 111 cm³/mol. The van der Waals surface area contributed by atoms with Crippen LogP contribution in [0.15, 0.2) is 48.5 Å². The van der Waals surface area contributed by atoms with Crippen molar-refractivity contribution in [3.8, 4) is 17.6 Å². The summed E-state index contributed by atoms with van der Waals surface area (Å²) in [6.07, 6.45) is 2.74. The SMILES string of the molecule is COc1ccc(C(CNC(=O)COc2ccc(CC#N)cc2)N2CCCC2)cc1. The second-order valence-corrected chi connectivity index (χ2v) is 7.10. The second kappa shape index (κ2) is 10.5. The number of nitrogens with one attached hydrogen (secondary N) is 1. The van der Waals surface area contributed by atoms with Gasteiger partial charge in [0.15, 0.2) is 6.61 Å². The monoisotopic (exact) mass is 393 g/mol. The highest BCUT2D eigenvalue weighted by Crippen LogP contribution is 2.26. The largest absolute Gasteiger partial charge is 0.497 e. The molecule has 152 valence electrons. The quantitative estimate of drug-likeness (QED) is 0.709. The van der Waals surface area contributed by atoms with E-state index in [4.69, 9.17) is 14.7 Å². The van der Waals surface area contributed by atoms with E-state index in [1.807, 2.05) is 24.3 Å². The normalized spacial score (nSPS) is 14.8. The third-order valence-electron chi connectivity index (χ3n) is 5.15. The lowest BCUT2D eigenvalue weighted by atomic mass is 10.1. The molecule has 1 aliphatic heterocycles. The summed E-state index contributed by atoms with van der Waals surface area (Å²) < 4.78 is 10.8. The number of amides is 1. The number of nitrogens with zero attached hydrogens (tertiary/aromatic N) is 2. The van der Waals surface area contributed by atoms with Gasteiger partial charge < -0.3 is 14.8 Å². The number of nitriles is 1. The molecule has 6 heteroatoms. The summed E-state index contributed by atoms with van der Waals surface area (Å²) in [7, 11) is 1.66. The number of likely N-dealkylation sites (tertiary alicyclic amines) is 1. The van der Waals surface area contributed by atoms with Gasteiger partial charge in [-0.3, -0.25) is 9.69 Å². The smallest absolute Gasteiger partial charge is 0.258 e. The molecule has 0 aromatic heterocycles. The van der Waals surface area contributed by atoms with Crippen LogP contribution in [0.1, 0.15) is 30.0 Å². The second-order valence-electron chi connectivity index (χ2n) is 7.10. The van der Waals surface area contributed by atoms with Crippen molar-refractivity contribution in [1.82, 2.24) is 10.2 Å². The van der Waals surface area contributed by atoms with Gasteiger partial charge in [-0.15, -0.1) is 0 Å². The molecule has 0 saturated carbocycles. The van der Waals surface area contributed by atoms with Gasteiger partial charge in [0.1, 0.15) is 11.5 Å². The number of carbonyl (C=O) groups excluding carboxylic acids is 1. The first-order valence-corrected chi connectivity index (χ1v) is 9.93. The minimum atomic E-state index is -0.149. The molecule has 0 bridgehead atoms. The Morgan fingerprint density at radius 3 is 2.38 bits per heavy atom. The Labute approximate surface area is 172 Å². The lowest BCUT2D eigenvalue weighted by molar-refractivity contribution is -0.123. The average Bonchev–Trinajstić information content (AvgIpc) is 3.29. The van der Waals surface area contributed by atoms with Crippen LogP contribution in [0.2, 0.25) is 0 Å².